The Bertz CT molecular complexity index is 939. The first-order valence-corrected chi connectivity index (χ1v) is 9.35. The minimum Gasteiger partial charge on any atom is -0.497 e. The zero-order valence-corrected chi connectivity index (χ0v) is 16.6. The van der Waals surface area contributed by atoms with Crippen molar-refractivity contribution in [2.24, 2.45) is 5.92 Å². The Morgan fingerprint density at radius 1 is 1.17 bits per heavy atom. The number of aryl methyl sites for hydroxylation is 1. The van der Waals surface area contributed by atoms with E-state index in [-0.39, 0.29) is 18.9 Å². The Hall–Kier alpha value is -3.35. The van der Waals surface area contributed by atoms with Crippen molar-refractivity contribution in [1.82, 2.24) is 5.32 Å². The van der Waals surface area contributed by atoms with Crippen molar-refractivity contribution < 1.29 is 24.2 Å². The van der Waals surface area contributed by atoms with Gasteiger partial charge in [-0.3, -0.25) is 9.59 Å². The molecule has 0 bridgehead atoms. The Kier molecular flexibility index (Phi) is 5.87. The Balaban J connectivity index is 1.74. The summed E-state index contributed by atoms with van der Waals surface area (Å²) in [6, 6.07) is 11.0. The monoisotopic (exact) mass is 396 g/mol. The first-order valence-electron chi connectivity index (χ1n) is 9.35. The highest BCUT2D eigenvalue weighted by Crippen LogP contribution is 2.30. The van der Waals surface area contributed by atoms with Gasteiger partial charge >= 0.3 is 5.97 Å². The number of methoxy groups -OCH3 is 1. The van der Waals surface area contributed by atoms with Crippen LogP contribution in [0.25, 0.3) is 0 Å². The Labute approximate surface area is 169 Å². The fraction of sp³-hybridized carbons (Fsp3) is 0.318. The second-order valence-corrected chi connectivity index (χ2v) is 7.18. The van der Waals surface area contributed by atoms with Gasteiger partial charge in [-0.2, -0.15) is 0 Å². The van der Waals surface area contributed by atoms with Crippen LogP contribution in [0.5, 0.6) is 5.75 Å². The number of aliphatic carboxylic acids is 1. The van der Waals surface area contributed by atoms with Crippen LogP contribution in [0, 0.1) is 19.8 Å². The van der Waals surface area contributed by atoms with Crippen LogP contribution >= 0.6 is 0 Å². The third kappa shape index (κ3) is 4.23. The standard InChI is InChI=1S/C22H24N2O5/c1-13-5-4-6-18(14(13)2)24-12-16(11-19(24)25)21(26)23-20(22(27)28)15-7-9-17(29-3)10-8-15/h4-10,16,20H,11-12H2,1-3H3,(H,23,26)(H,27,28). The zero-order chi connectivity index (χ0) is 21.1. The lowest BCUT2D eigenvalue weighted by Crippen LogP contribution is -2.38. The number of carboxylic acids is 1. The number of anilines is 1. The number of carbonyl (C=O) groups excluding carboxylic acids is 2. The maximum Gasteiger partial charge on any atom is 0.330 e. The maximum absolute atomic E-state index is 12.8. The second kappa shape index (κ2) is 8.34. The molecule has 1 saturated heterocycles. The molecule has 1 fully saturated rings. The molecule has 2 unspecified atom stereocenters. The topological polar surface area (TPSA) is 95.9 Å². The first kappa shape index (κ1) is 20.4. The fourth-order valence-electron chi connectivity index (χ4n) is 3.49. The van der Waals surface area contributed by atoms with Crippen LogP contribution in [-0.2, 0) is 14.4 Å². The van der Waals surface area contributed by atoms with E-state index in [1.165, 1.54) is 7.11 Å². The second-order valence-electron chi connectivity index (χ2n) is 7.18. The van der Waals surface area contributed by atoms with Gasteiger partial charge in [0.25, 0.3) is 0 Å². The summed E-state index contributed by atoms with van der Waals surface area (Å²) in [6.07, 6.45) is 0.0498. The lowest BCUT2D eigenvalue weighted by Gasteiger charge is -2.21. The third-order valence-electron chi connectivity index (χ3n) is 5.35. The summed E-state index contributed by atoms with van der Waals surface area (Å²) in [5.41, 5.74) is 3.27. The molecule has 7 heteroatoms. The van der Waals surface area contributed by atoms with E-state index in [1.54, 1.807) is 29.2 Å². The smallest absolute Gasteiger partial charge is 0.330 e. The van der Waals surface area contributed by atoms with E-state index in [2.05, 4.69) is 5.32 Å². The summed E-state index contributed by atoms with van der Waals surface area (Å²) in [5, 5.41) is 12.1. The van der Waals surface area contributed by atoms with Crippen molar-refractivity contribution in [1.29, 1.82) is 0 Å². The molecular formula is C22H24N2O5. The number of carboxylic acid groups (broad SMARTS) is 1. The summed E-state index contributed by atoms with van der Waals surface area (Å²) >= 11 is 0. The predicted molar refractivity (Wildman–Crippen MR) is 108 cm³/mol. The van der Waals surface area contributed by atoms with Crippen molar-refractivity contribution in [2.45, 2.75) is 26.3 Å². The van der Waals surface area contributed by atoms with E-state index in [0.717, 1.165) is 16.8 Å². The van der Waals surface area contributed by atoms with E-state index in [4.69, 9.17) is 4.74 Å². The molecule has 29 heavy (non-hydrogen) atoms. The molecule has 0 saturated carbocycles. The number of hydrogen-bond acceptors (Lipinski definition) is 4. The molecule has 1 aliphatic heterocycles. The molecule has 1 heterocycles. The van der Waals surface area contributed by atoms with Gasteiger partial charge in [-0.15, -0.1) is 0 Å². The largest absolute Gasteiger partial charge is 0.497 e. The molecule has 0 radical (unpaired) electrons. The number of rotatable bonds is 6. The fourth-order valence-corrected chi connectivity index (χ4v) is 3.49. The molecular weight excluding hydrogens is 372 g/mol. The van der Waals surface area contributed by atoms with Crippen molar-refractivity contribution in [3.8, 4) is 5.75 Å². The van der Waals surface area contributed by atoms with E-state index in [1.807, 2.05) is 32.0 Å². The summed E-state index contributed by atoms with van der Waals surface area (Å²) in [4.78, 5) is 38.6. The average Bonchev–Trinajstić information content (AvgIpc) is 3.09. The van der Waals surface area contributed by atoms with Crippen LogP contribution in [0.3, 0.4) is 0 Å². The van der Waals surface area contributed by atoms with Crippen LogP contribution < -0.4 is 15.0 Å². The van der Waals surface area contributed by atoms with Crippen LogP contribution in [0.4, 0.5) is 5.69 Å². The van der Waals surface area contributed by atoms with Gasteiger partial charge in [0.2, 0.25) is 11.8 Å². The number of hydrogen-bond donors (Lipinski definition) is 2. The summed E-state index contributed by atoms with van der Waals surface area (Å²) in [7, 11) is 1.52. The number of ether oxygens (including phenoxy) is 1. The highest BCUT2D eigenvalue weighted by atomic mass is 16.5. The van der Waals surface area contributed by atoms with E-state index >= 15 is 0 Å². The molecule has 0 aliphatic carbocycles. The van der Waals surface area contributed by atoms with Crippen molar-refractivity contribution in [3.05, 3.63) is 59.2 Å². The van der Waals surface area contributed by atoms with Gasteiger partial charge in [0.15, 0.2) is 6.04 Å². The quantitative estimate of drug-likeness (QED) is 0.783. The van der Waals surface area contributed by atoms with Crippen molar-refractivity contribution >= 4 is 23.5 Å². The third-order valence-corrected chi connectivity index (χ3v) is 5.35. The zero-order valence-electron chi connectivity index (χ0n) is 16.6. The van der Waals surface area contributed by atoms with Crippen LogP contribution in [-0.4, -0.2) is 36.5 Å². The normalized spacial score (nSPS) is 17.1. The molecule has 2 aromatic carbocycles. The summed E-state index contributed by atoms with van der Waals surface area (Å²) < 4.78 is 5.08. The van der Waals surface area contributed by atoms with Gasteiger partial charge in [-0.1, -0.05) is 24.3 Å². The molecule has 152 valence electrons. The molecule has 2 N–H and O–H groups in total. The number of benzene rings is 2. The molecule has 0 spiro atoms. The molecule has 2 aromatic rings. The highest BCUT2D eigenvalue weighted by Gasteiger charge is 2.37. The van der Waals surface area contributed by atoms with Gasteiger partial charge < -0.3 is 20.1 Å². The SMILES string of the molecule is COc1ccc(C(NC(=O)C2CC(=O)N(c3cccc(C)c3C)C2)C(=O)O)cc1. The Morgan fingerprint density at radius 2 is 1.86 bits per heavy atom. The number of amides is 2. The van der Waals surface area contributed by atoms with E-state index in [0.29, 0.717) is 11.3 Å². The molecule has 2 amide bonds. The van der Waals surface area contributed by atoms with Gasteiger partial charge in [0, 0.05) is 18.7 Å². The summed E-state index contributed by atoms with van der Waals surface area (Å²) in [6.45, 7) is 4.13. The van der Waals surface area contributed by atoms with Gasteiger partial charge in [-0.05, 0) is 48.7 Å². The lowest BCUT2D eigenvalue weighted by atomic mass is 10.0. The number of nitrogens with one attached hydrogen (secondary N) is 1. The number of nitrogens with zero attached hydrogens (tertiary/aromatic N) is 1. The molecule has 7 nitrogen and oxygen atoms in total. The predicted octanol–water partition coefficient (Wildman–Crippen LogP) is 2.61. The van der Waals surface area contributed by atoms with E-state index in [9.17, 15) is 19.5 Å². The molecule has 1 aliphatic rings. The average molecular weight is 396 g/mol. The van der Waals surface area contributed by atoms with Crippen LogP contribution in [0.15, 0.2) is 42.5 Å². The van der Waals surface area contributed by atoms with Crippen molar-refractivity contribution in [3.63, 3.8) is 0 Å². The minimum atomic E-state index is -1.20. The van der Waals surface area contributed by atoms with Gasteiger partial charge in [0.1, 0.15) is 5.75 Å². The van der Waals surface area contributed by atoms with Crippen molar-refractivity contribution in [2.75, 3.05) is 18.6 Å². The molecule has 3 rings (SSSR count). The highest BCUT2D eigenvalue weighted by molar-refractivity contribution is 6.01. The Morgan fingerprint density at radius 3 is 2.48 bits per heavy atom. The first-order chi connectivity index (χ1) is 13.8. The van der Waals surface area contributed by atoms with Crippen LogP contribution in [0.2, 0.25) is 0 Å². The molecule has 2 atom stereocenters. The molecule has 0 aromatic heterocycles. The summed E-state index contributed by atoms with van der Waals surface area (Å²) in [5.74, 6) is -1.78. The van der Waals surface area contributed by atoms with Gasteiger partial charge in [0.05, 0.1) is 13.0 Å². The maximum atomic E-state index is 12.8. The van der Waals surface area contributed by atoms with Gasteiger partial charge in [-0.25, -0.2) is 4.79 Å². The minimum absolute atomic E-state index is 0.0498. The van der Waals surface area contributed by atoms with Crippen LogP contribution in [0.1, 0.15) is 29.2 Å². The lowest BCUT2D eigenvalue weighted by molar-refractivity contribution is -0.142. The van der Waals surface area contributed by atoms with E-state index < -0.39 is 23.8 Å². The number of carbonyl (C=O) groups is 3.